The first-order valence-electron chi connectivity index (χ1n) is 7.96. The molecule has 2 atom stereocenters. The Hall–Kier alpha value is -0.770. The van der Waals surface area contributed by atoms with E-state index in [4.69, 9.17) is 11.6 Å². The van der Waals surface area contributed by atoms with Gasteiger partial charge in [0.1, 0.15) is 0 Å². The Morgan fingerprint density at radius 3 is 2.45 bits per heavy atom. The lowest BCUT2D eigenvalue weighted by Crippen LogP contribution is -2.32. The van der Waals surface area contributed by atoms with Gasteiger partial charge in [0.05, 0.1) is 0 Å². The number of nitrogens with zero attached hydrogens (tertiary/aromatic N) is 1. The summed E-state index contributed by atoms with van der Waals surface area (Å²) in [6.45, 7) is 4.10. The molecule has 0 radical (unpaired) electrons. The Labute approximate surface area is 143 Å². The summed E-state index contributed by atoms with van der Waals surface area (Å²) in [6.07, 6.45) is 3.60. The zero-order valence-corrected chi connectivity index (χ0v) is 14.3. The minimum atomic E-state index is 0. The van der Waals surface area contributed by atoms with E-state index in [2.05, 4.69) is 10.2 Å². The van der Waals surface area contributed by atoms with Gasteiger partial charge in [0, 0.05) is 24.5 Å². The molecule has 1 aromatic carbocycles. The van der Waals surface area contributed by atoms with Crippen LogP contribution in [0.1, 0.15) is 24.8 Å². The maximum absolute atomic E-state index is 12.4. The second-order valence-electron chi connectivity index (χ2n) is 6.23. The van der Waals surface area contributed by atoms with Crippen molar-refractivity contribution < 1.29 is 4.79 Å². The van der Waals surface area contributed by atoms with E-state index in [1.807, 2.05) is 24.3 Å². The molecule has 1 N–H and O–H groups in total. The number of hydrogen-bond acceptors (Lipinski definition) is 2. The van der Waals surface area contributed by atoms with Gasteiger partial charge in [-0.3, -0.25) is 4.79 Å². The highest BCUT2D eigenvalue weighted by Crippen LogP contribution is 2.27. The van der Waals surface area contributed by atoms with Crippen LogP contribution in [-0.4, -0.2) is 37.0 Å². The van der Waals surface area contributed by atoms with Gasteiger partial charge in [-0.2, -0.15) is 0 Å². The summed E-state index contributed by atoms with van der Waals surface area (Å²) in [5.74, 6) is 1.82. The number of carbonyl (C=O) groups excluding carboxylic acids is 1. The Bertz CT molecular complexity index is 495. The van der Waals surface area contributed by atoms with Crippen LogP contribution in [0.25, 0.3) is 0 Å². The maximum atomic E-state index is 12.4. The molecule has 0 bridgehead atoms. The van der Waals surface area contributed by atoms with E-state index in [1.54, 1.807) is 0 Å². The number of amides is 1. The first-order chi connectivity index (χ1) is 10.2. The molecule has 122 valence electrons. The third kappa shape index (κ3) is 4.15. The van der Waals surface area contributed by atoms with Gasteiger partial charge >= 0.3 is 0 Å². The third-order valence-electron chi connectivity index (χ3n) is 4.94. The van der Waals surface area contributed by atoms with Crippen LogP contribution in [0.3, 0.4) is 0 Å². The first kappa shape index (κ1) is 17.6. The van der Waals surface area contributed by atoms with Crippen molar-refractivity contribution in [2.45, 2.75) is 25.7 Å². The number of hydrogen-bond donors (Lipinski definition) is 1. The summed E-state index contributed by atoms with van der Waals surface area (Å²) < 4.78 is 0. The number of aryl methyl sites for hydroxylation is 1. The molecule has 2 heterocycles. The van der Waals surface area contributed by atoms with E-state index in [-0.39, 0.29) is 18.3 Å². The largest absolute Gasteiger partial charge is 0.343 e. The molecule has 3 nitrogen and oxygen atoms in total. The van der Waals surface area contributed by atoms with Gasteiger partial charge in [0.2, 0.25) is 5.91 Å². The van der Waals surface area contributed by atoms with Crippen LogP contribution in [0, 0.1) is 11.8 Å². The molecular formula is C17H24Cl2N2O. The molecule has 0 spiro atoms. The number of rotatable bonds is 3. The van der Waals surface area contributed by atoms with E-state index in [1.165, 1.54) is 0 Å². The van der Waals surface area contributed by atoms with Gasteiger partial charge in [0.15, 0.2) is 0 Å². The highest BCUT2D eigenvalue weighted by Gasteiger charge is 2.31. The Morgan fingerprint density at radius 1 is 1.18 bits per heavy atom. The van der Waals surface area contributed by atoms with Crippen molar-refractivity contribution in [3.05, 3.63) is 34.9 Å². The number of likely N-dealkylation sites (tertiary alicyclic amines) is 1. The lowest BCUT2D eigenvalue weighted by molar-refractivity contribution is -0.131. The molecule has 5 heteroatoms. The summed E-state index contributed by atoms with van der Waals surface area (Å²) in [6, 6.07) is 7.80. The number of carbonyl (C=O) groups is 1. The fraction of sp³-hybridized carbons (Fsp3) is 0.588. The molecule has 22 heavy (non-hydrogen) atoms. The Morgan fingerprint density at radius 2 is 1.82 bits per heavy atom. The van der Waals surface area contributed by atoms with E-state index in [9.17, 15) is 4.79 Å². The molecular weight excluding hydrogens is 319 g/mol. The molecule has 0 aromatic heterocycles. The highest BCUT2D eigenvalue weighted by molar-refractivity contribution is 6.31. The van der Waals surface area contributed by atoms with Crippen molar-refractivity contribution in [3.63, 3.8) is 0 Å². The van der Waals surface area contributed by atoms with Crippen molar-refractivity contribution in [1.82, 2.24) is 10.2 Å². The van der Waals surface area contributed by atoms with Crippen LogP contribution < -0.4 is 5.32 Å². The Balaban J connectivity index is 0.00000176. The van der Waals surface area contributed by atoms with Crippen molar-refractivity contribution in [3.8, 4) is 0 Å². The number of fused-ring (bicyclic) bond motifs is 1. The van der Waals surface area contributed by atoms with Crippen LogP contribution in [0.5, 0.6) is 0 Å². The molecule has 1 amide bonds. The van der Waals surface area contributed by atoms with Crippen molar-refractivity contribution in [1.29, 1.82) is 0 Å². The topological polar surface area (TPSA) is 32.3 Å². The fourth-order valence-corrected chi connectivity index (χ4v) is 3.80. The fourth-order valence-electron chi connectivity index (χ4n) is 3.57. The van der Waals surface area contributed by atoms with Gasteiger partial charge in [-0.15, -0.1) is 12.4 Å². The second kappa shape index (κ2) is 8.19. The molecule has 0 unspecified atom stereocenters. The summed E-state index contributed by atoms with van der Waals surface area (Å²) in [5.41, 5.74) is 1.07. The SMILES string of the molecule is Cl.O=C(CCc1ccccc1Cl)N1CC[C@@H]2CNC[C@@H]2CC1. The van der Waals surface area contributed by atoms with Crippen LogP contribution in [0.15, 0.2) is 24.3 Å². The maximum Gasteiger partial charge on any atom is 0.222 e. The molecule has 1 aromatic rings. The first-order valence-corrected chi connectivity index (χ1v) is 8.34. The van der Waals surface area contributed by atoms with Crippen LogP contribution in [-0.2, 0) is 11.2 Å². The van der Waals surface area contributed by atoms with Gasteiger partial charge in [-0.25, -0.2) is 0 Å². The van der Waals surface area contributed by atoms with Crippen LogP contribution in [0.4, 0.5) is 0 Å². The number of nitrogens with one attached hydrogen (secondary N) is 1. The van der Waals surface area contributed by atoms with Gasteiger partial charge in [-0.05, 0) is 55.8 Å². The minimum Gasteiger partial charge on any atom is -0.343 e. The van der Waals surface area contributed by atoms with E-state index < -0.39 is 0 Å². The molecule has 2 fully saturated rings. The van der Waals surface area contributed by atoms with Crippen LogP contribution >= 0.6 is 24.0 Å². The van der Waals surface area contributed by atoms with Gasteiger partial charge < -0.3 is 10.2 Å². The van der Waals surface area contributed by atoms with Gasteiger partial charge in [0.25, 0.3) is 0 Å². The van der Waals surface area contributed by atoms with E-state index >= 15 is 0 Å². The molecule has 2 saturated heterocycles. The van der Waals surface area contributed by atoms with Crippen molar-refractivity contribution >= 4 is 29.9 Å². The summed E-state index contributed by atoms with van der Waals surface area (Å²) in [7, 11) is 0. The molecule has 3 rings (SSSR count). The average Bonchev–Trinajstić information content (AvgIpc) is 2.85. The van der Waals surface area contributed by atoms with E-state index in [0.717, 1.165) is 67.9 Å². The highest BCUT2D eigenvalue weighted by atomic mass is 35.5. The van der Waals surface area contributed by atoms with Crippen LogP contribution in [0.2, 0.25) is 5.02 Å². The van der Waals surface area contributed by atoms with Gasteiger partial charge in [-0.1, -0.05) is 29.8 Å². The molecule has 2 aliphatic rings. The standard InChI is InChI=1S/C17H23ClN2O.ClH/c18-16-4-2-1-3-13(16)5-6-17(21)20-9-7-14-11-19-12-15(14)8-10-20;/h1-4,14-15,19H,5-12H2;1H/t14-,15+;. The normalized spacial score (nSPS) is 24.3. The predicted octanol–water partition coefficient (Wildman–Crippen LogP) is 3.15. The van der Waals surface area contributed by atoms with E-state index in [0.29, 0.717) is 6.42 Å². The molecule has 0 aliphatic carbocycles. The average molecular weight is 343 g/mol. The zero-order valence-electron chi connectivity index (χ0n) is 12.8. The number of benzene rings is 1. The smallest absolute Gasteiger partial charge is 0.222 e. The lowest BCUT2D eigenvalue weighted by Gasteiger charge is -2.21. The summed E-state index contributed by atoms with van der Waals surface area (Å²) in [5, 5.41) is 4.24. The second-order valence-corrected chi connectivity index (χ2v) is 6.64. The Kier molecular flexibility index (Phi) is 6.54. The quantitative estimate of drug-likeness (QED) is 0.914. The lowest BCUT2D eigenvalue weighted by atomic mass is 9.92. The van der Waals surface area contributed by atoms with Crippen molar-refractivity contribution in [2.75, 3.05) is 26.2 Å². The van der Waals surface area contributed by atoms with Crippen molar-refractivity contribution in [2.24, 2.45) is 11.8 Å². The molecule has 0 saturated carbocycles. The molecule has 2 aliphatic heterocycles. The zero-order chi connectivity index (χ0) is 14.7. The minimum absolute atomic E-state index is 0. The number of halogens is 2. The summed E-state index contributed by atoms with van der Waals surface area (Å²) in [4.78, 5) is 14.5. The predicted molar refractivity (Wildman–Crippen MR) is 92.7 cm³/mol. The monoisotopic (exact) mass is 342 g/mol. The third-order valence-corrected chi connectivity index (χ3v) is 5.31. The summed E-state index contributed by atoms with van der Waals surface area (Å²) >= 11 is 6.15.